The third-order valence-electron chi connectivity index (χ3n) is 2.85. The zero-order valence-electron chi connectivity index (χ0n) is 8.61. The molecule has 4 N–H and O–H groups in total. The maximum absolute atomic E-state index is 10.1. The average molecular weight is 208 g/mol. The molecule has 0 amide bonds. The van der Waals surface area contributed by atoms with E-state index in [2.05, 4.69) is 15.3 Å². The maximum Gasteiger partial charge on any atom is 0.169 e. The molecule has 1 aliphatic rings. The summed E-state index contributed by atoms with van der Waals surface area (Å²) < 4.78 is 0. The lowest BCUT2D eigenvalue weighted by Crippen LogP contribution is -2.33. The minimum atomic E-state index is -0.593. The molecule has 0 atom stereocenters. The van der Waals surface area contributed by atoms with Gasteiger partial charge in [0.1, 0.15) is 0 Å². The average Bonchev–Trinajstić information content (AvgIpc) is 2.65. The van der Waals surface area contributed by atoms with Crippen molar-refractivity contribution >= 4 is 11.6 Å². The predicted molar refractivity (Wildman–Crippen MR) is 58.4 cm³/mol. The molecule has 15 heavy (non-hydrogen) atoms. The molecule has 0 bridgehead atoms. The number of nitrogen functional groups attached to an aromatic ring is 1. The van der Waals surface area contributed by atoms with E-state index in [1.54, 1.807) is 12.4 Å². The molecule has 0 spiro atoms. The molecule has 0 aromatic carbocycles. The van der Waals surface area contributed by atoms with Gasteiger partial charge in [0, 0.05) is 18.9 Å². The third kappa shape index (κ3) is 2.36. The summed E-state index contributed by atoms with van der Waals surface area (Å²) in [6.45, 7) is 0.496. The van der Waals surface area contributed by atoms with Crippen LogP contribution >= 0.6 is 0 Å². The lowest BCUT2D eigenvalue weighted by Gasteiger charge is -2.22. The number of anilines is 2. The fourth-order valence-electron chi connectivity index (χ4n) is 1.94. The molecule has 0 saturated heterocycles. The second kappa shape index (κ2) is 4.02. The van der Waals surface area contributed by atoms with E-state index in [1.807, 2.05) is 0 Å². The number of hydrogen-bond acceptors (Lipinski definition) is 5. The Kier molecular flexibility index (Phi) is 2.73. The number of nitrogens with one attached hydrogen (secondary N) is 1. The maximum atomic E-state index is 10.1. The highest BCUT2D eigenvalue weighted by atomic mass is 16.3. The summed E-state index contributed by atoms with van der Waals surface area (Å²) in [6, 6.07) is 0. The summed E-state index contributed by atoms with van der Waals surface area (Å²) in [7, 11) is 0. The minimum Gasteiger partial charge on any atom is -0.388 e. The smallest absolute Gasteiger partial charge is 0.169 e. The molecule has 1 aliphatic carbocycles. The Balaban J connectivity index is 1.95. The van der Waals surface area contributed by atoms with E-state index >= 15 is 0 Å². The van der Waals surface area contributed by atoms with Crippen LogP contribution in [0.3, 0.4) is 0 Å². The van der Waals surface area contributed by atoms with Gasteiger partial charge in [-0.1, -0.05) is 12.8 Å². The molecule has 0 unspecified atom stereocenters. The standard InChI is InChI=1S/C10H16N4O/c11-8-9(13-6-5-12-8)14-7-10(15)3-1-2-4-10/h5-6,15H,1-4,7H2,(H2,11,12)(H,13,14). The van der Waals surface area contributed by atoms with Gasteiger partial charge in [-0.05, 0) is 12.8 Å². The predicted octanol–water partition coefficient (Wildman–Crippen LogP) is 0.776. The first-order valence-corrected chi connectivity index (χ1v) is 5.22. The van der Waals surface area contributed by atoms with Gasteiger partial charge in [0.25, 0.3) is 0 Å². The van der Waals surface area contributed by atoms with E-state index in [9.17, 15) is 5.11 Å². The second-order valence-electron chi connectivity index (χ2n) is 4.08. The van der Waals surface area contributed by atoms with Crippen molar-refractivity contribution < 1.29 is 5.11 Å². The molecule has 0 radical (unpaired) electrons. The highest BCUT2D eigenvalue weighted by Gasteiger charge is 2.30. The SMILES string of the molecule is Nc1nccnc1NCC1(O)CCCC1. The molecule has 1 heterocycles. The normalized spacial score (nSPS) is 19.0. The molecule has 1 saturated carbocycles. The van der Waals surface area contributed by atoms with Gasteiger partial charge in [-0.2, -0.15) is 0 Å². The Morgan fingerprint density at radius 3 is 2.67 bits per heavy atom. The molecule has 1 aromatic heterocycles. The zero-order valence-corrected chi connectivity index (χ0v) is 8.61. The van der Waals surface area contributed by atoms with Crippen molar-refractivity contribution in [2.45, 2.75) is 31.3 Å². The van der Waals surface area contributed by atoms with Crippen molar-refractivity contribution in [2.75, 3.05) is 17.6 Å². The van der Waals surface area contributed by atoms with Crippen LogP contribution in [-0.4, -0.2) is 27.2 Å². The number of hydrogen-bond donors (Lipinski definition) is 3. The summed E-state index contributed by atoms with van der Waals surface area (Å²) in [4.78, 5) is 7.98. The van der Waals surface area contributed by atoms with Crippen molar-refractivity contribution in [1.82, 2.24) is 9.97 Å². The van der Waals surface area contributed by atoms with E-state index in [0.29, 0.717) is 18.2 Å². The zero-order chi connectivity index (χ0) is 10.7. The van der Waals surface area contributed by atoms with Crippen molar-refractivity contribution in [3.63, 3.8) is 0 Å². The Labute approximate surface area is 88.7 Å². The monoisotopic (exact) mass is 208 g/mol. The van der Waals surface area contributed by atoms with E-state index in [1.165, 1.54) is 0 Å². The number of nitrogens with zero attached hydrogens (tertiary/aromatic N) is 2. The van der Waals surface area contributed by atoms with E-state index in [4.69, 9.17) is 5.73 Å². The van der Waals surface area contributed by atoms with Crippen LogP contribution in [0.25, 0.3) is 0 Å². The number of aliphatic hydroxyl groups is 1. The summed E-state index contributed by atoms with van der Waals surface area (Å²) in [5, 5.41) is 13.1. The van der Waals surface area contributed by atoms with Gasteiger partial charge < -0.3 is 16.2 Å². The van der Waals surface area contributed by atoms with Crippen LogP contribution in [0.15, 0.2) is 12.4 Å². The molecule has 5 nitrogen and oxygen atoms in total. The lowest BCUT2D eigenvalue weighted by atomic mass is 10.0. The summed E-state index contributed by atoms with van der Waals surface area (Å²) in [5.74, 6) is 0.928. The largest absolute Gasteiger partial charge is 0.388 e. The highest BCUT2D eigenvalue weighted by Crippen LogP contribution is 2.29. The van der Waals surface area contributed by atoms with Crippen LogP contribution in [0.5, 0.6) is 0 Å². The number of aromatic nitrogens is 2. The van der Waals surface area contributed by atoms with Crippen molar-refractivity contribution in [3.05, 3.63) is 12.4 Å². The van der Waals surface area contributed by atoms with Crippen molar-refractivity contribution in [3.8, 4) is 0 Å². The van der Waals surface area contributed by atoms with Gasteiger partial charge in [-0.25, -0.2) is 9.97 Å². The molecule has 2 rings (SSSR count). The Morgan fingerprint density at radius 1 is 1.33 bits per heavy atom. The first kappa shape index (κ1) is 10.2. The number of nitrogens with two attached hydrogens (primary N) is 1. The second-order valence-corrected chi connectivity index (χ2v) is 4.08. The molecule has 5 heteroatoms. The third-order valence-corrected chi connectivity index (χ3v) is 2.85. The van der Waals surface area contributed by atoms with Crippen LogP contribution in [-0.2, 0) is 0 Å². The molecular formula is C10H16N4O. The molecule has 1 fully saturated rings. The Hall–Kier alpha value is -1.36. The van der Waals surface area contributed by atoms with E-state index in [0.717, 1.165) is 25.7 Å². The van der Waals surface area contributed by atoms with Crippen LogP contribution in [0, 0.1) is 0 Å². The number of rotatable bonds is 3. The highest BCUT2D eigenvalue weighted by molar-refractivity contribution is 5.55. The molecule has 0 aliphatic heterocycles. The fourth-order valence-corrected chi connectivity index (χ4v) is 1.94. The first-order chi connectivity index (χ1) is 7.20. The Morgan fingerprint density at radius 2 is 2.00 bits per heavy atom. The minimum absolute atomic E-state index is 0.374. The molecule has 82 valence electrons. The lowest BCUT2D eigenvalue weighted by molar-refractivity contribution is 0.0614. The summed E-state index contributed by atoms with van der Waals surface area (Å²) in [5.41, 5.74) is 5.04. The van der Waals surface area contributed by atoms with Crippen LogP contribution in [0.2, 0.25) is 0 Å². The van der Waals surface area contributed by atoms with Gasteiger partial charge in [-0.3, -0.25) is 0 Å². The Bertz CT molecular complexity index is 336. The summed E-state index contributed by atoms with van der Waals surface area (Å²) >= 11 is 0. The summed E-state index contributed by atoms with van der Waals surface area (Å²) in [6.07, 6.45) is 7.00. The molecule has 1 aromatic rings. The van der Waals surface area contributed by atoms with Gasteiger partial charge >= 0.3 is 0 Å². The van der Waals surface area contributed by atoms with Crippen LogP contribution in [0.4, 0.5) is 11.6 Å². The van der Waals surface area contributed by atoms with Crippen molar-refractivity contribution in [1.29, 1.82) is 0 Å². The van der Waals surface area contributed by atoms with Crippen LogP contribution in [0.1, 0.15) is 25.7 Å². The van der Waals surface area contributed by atoms with Gasteiger partial charge in [0.15, 0.2) is 11.6 Å². The van der Waals surface area contributed by atoms with Crippen LogP contribution < -0.4 is 11.1 Å². The van der Waals surface area contributed by atoms with E-state index in [-0.39, 0.29) is 0 Å². The topological polar surface area (TPSA) is 84.1 Å². The van der Waals surface area contributed by atoms with E-state index < -0.39 is 5.60 Å². The first-order valence-electron chi connectivity index (χ1n) is 5.22. The molecular weight excluding hydrogens is 192 g/mol. The van der Waals surface area contributed by atoms with Gasteiger partial charge in [-0.15, -0.1) is 0 Å². The van der Waals surface area contributed by atoms with Crippen molar-refractivity contribution in [2.24, 2.45) is 0 Å². The quantitative estimate of drug-likeness (QED) is 0.683. The fraction of sp³-hybridized carbons (Fsp3) is 0.600. The van der Waals surface area contributed by atoms with Gasteiger partial charge in [0.2, 0.25) is 0 Å². The van der Waals surface area contributed by atoms with Gasteiger partial charge in [0.05, 0.1) is 5.60 Å².